The van der Waals surface area contributed by atoms with Gasteiger partial charge in [-0.1, -0.05) is 11.6 Å². The summed E-state index contributed by atoms with van der Waals surface area (Å²) in [5.41, 5.74) is -1.76. The Morgan fingerprint density at radius 2 is 1.81 bits per heavy atom. The molecule has 9 heteroatoms. The molecule has 2 heterocycles. The summed E-state index contributed by atoms with van der Waals surface area (Å²) in [7, 11) is 0. The van der Waals surface area contributed by atoms with E-state index in [1.54, 1.807) is 12.1 Å². The molecule has 0 unspecified atom stereocenters. The SMILES string of the molecule is O=c1cc(C(F)(F)F)c2ccc(OCc3cc4c(cc3Cl)OCO4)cc2o1. The lowest BCUT2D eigenvalue weighted by atomic mass is 10.1. The van der Waals surface area contributed by atoms with E-state index in [4.69, 9.17) is 30.2 Å². The summed E-state index contributed by atoms with van der Waals surface area (Å²) in [6.07, 6.45) is -4.67. The summed E-state index contributed by atoms with van der Waals surface area (Å²) < 4.78 is 60.2. The zero-order valence-corrected chi connectivity index (χ0v) is 14.2. The van der Waals surface area contributed by atoms with E-state index in [1.807, 2.05) is 0 Å². The lowest BCUT2D eigenvalue weighted by Crippen LogP contribution is -2.11. The summed E-state index contributed by atoms with van der Waals surface area (Å²) in [6.45, 7) is 0.130. The van der Waals surface area contributed by atoms with Gasteiger partial charge in [0.2, 0.25) is 6.79 Å². The van der Waals surface area contributed by atoms with Gasteiger partial charge in [-0.2, -0.15) is 13.2 Å². The molecule has 27 heavy (non-hydrogen) atoms. The van der Waals surface area contributed by atoms with Crippen LogP contribution in [-0.4, -0.2) is 6.79 Å². The van der Waals surface area contributed by atoms with Crippen LogP contribution in [0.25, 0.3) is 11.0 Å². The van der Waals surface area contributed by atoms with Crippen LogP contribution in [-0.2, 0) is 12.8 Å². The highest BCUT2D eigenvalue weighted by Crippen LogP contribution is 2.38. The van der Waals surface area contributed by atoms with Crippen molar-refractivity contribution in [2.75, 3.05) is 6.79 Å². The van der Waals surface area contributed by atoms with Crippen LogP contribution < -0.4 is 19.8 Å². The molecule has 0 fully saturated rings. The average Bonchev–Trinajstić information content (AvgIpc) is 3.04. The van der Waals surface area contributed by atoms with Crippen LogP contribution in [0.15, 0.2) is 45.6 Å². The second kappa shape index (κ2) is 6.38. The van der Waals surface area contributed by atoms with Gasteiger partial charge in [0.05, 0.1) is 10.6 Å². The molecule has 0 atom stereocenters. The van der Waals surface area contributed by atoms with Gasteiger partial charge in [-0.25, -0.2) is 4.79 Å². The maximum absolute atomic E-state index is 13.1. The quantitative estimate of drug-likeness (QED) is 0.595. The number of ether oxygens (including phenoxy) is 3. The standard InChI is InChI=1S/C18H10ClF3O5/c19-13-6-16-15(25-8-26-16)3-9(13)7-24-10-1-2-11-12(18(20,21)22)5-17(23)27-14(11)4-10/h1-6H,7-8H2. The first-order chi connectivity index (χ1) is 12.8. The van der Waals surface area contributed by atoms with Crippen molar-refractivity contribution in [3.05, 3.63) is 63.0 Å². The Morgan fingerprint density at radius 3 is 2.56 bits per heavy atom. The highest BCUT2D eigenvalue weighted by molar-refractivity contribution is 6.31. The molecule has 140 valence electrons. The first-order valence-corrected chi connectivity index (χ1v) is 8.05. The van der Waals surface area contributed by atoms with Gasteiger partial charge in [0, 0.05) is 29.1 Å². The van der Waals surface area contributed by atoms with Crippen LogP contribution in [0.3, 0.4) is 0 Å². The first kappa shape index (κ1) is 17.5. The molecule has 0 amide bonds. The minimum atomic E-state index is -4.67. The van der Waals surface area contributed by atoms with E-state index in [-0.39, 0.29) is 30.1 Å². The predicted molar refractivity (Wildman–Crippen MR) is 89.4 cm³/mol. The van der Waals surface area contributed by atoms with E-state index >= 15 is 0 Å². The number of halogens is 4. The van der Waals surface area contributed by atoms with E-state index in [2.05, 4.69) is 0 Å². The van der Waals surface area contributed by atoms with Gasteiger partial charge >= 0.3 is 11.8 Å². The Balaban J connectivity index is 1.63. The molecule has 4 rings (SSSR count). The van der Waals surface area contributed by atoms with Crippen molar-refractivity contribution in [3.63, 3.8) is 0 Å². The number of fused-ring (bicyclic) bond motifs is 2. The molecule has 1 aromatic heterocycles. The van der Waals surface area contributed by atoms with Crippen molar-refractivity contribution in [1.29, 1.82) is 0 Å². The lowest BCUT2D eigenvalue weighted by Gasteiger charge is -2.11. The monoisotopic (exact) mass is 398 g/mol. The van der Waals surface area contributed by atoms with Crippen molar-refractivity contribution < 1.29 is 31.8 Å². The second-order valence-corrected chi connectivity index (χ2v) is 6.13. The third-order valence-corrected chi connectivity index (χ3v) is 4.31. The van der Waals surface area contributed by atoms with Crippen LogP contribution in [0.2, 0.25) is 5.02 Å². The minimum Gasteiger partial charge on any atom is -0.489 e. The van der Waals surface area contributed by atoms with E-state index in [0.717, 1.165) is 0 Å². The van der Waals surface area contributed by atoms with Crippen molar-refractivity contribution in [1.82, 2.24) is 0 Å². The van der Waals surface area contributed by atoms with Gasteiger partial charge in [-0.3, -0.25) is 0 Å². The number of alkyl halides is 3. The topological polar surface area (TPSA) is 57.9 Å². The third kappa shape index (κ3) is 3.40. The van der Waals surface area contributed by atoms with E-state index in [0.29, 0.717) is 28.2 Å². The summed E-state index contributed by atoms with van der Waals surface area (Å²) in [4.78, 5) is 11.4. The maximum Gasteiger partial charge on any atom is 0.417 e. The third-order valence-electron chi connectivity index (χ3n) is 3.96. The van der Waals surface area contributed by atoms with Crippen LogP contribution in [0.1, 0.15) is 11.1 Å². The molecule has 0 radical (unpaired) electrons. The molecule has 0 aliphatic carbocycles. The summed E-state index contributed by atoms with van der Waals surface area (Å²) >= 11 is 6.16. The van der Waals surface area contributed by atoms with Gasteiger partial charge in [-0.15, -0.1) is 0 Å². The van der Waals surface area contributed by atoms with E-state index in [1.165, 1.54) is 18.2 Å². The fourth-order valence-electron chi connectivity index (χ4n) is 2.70. The smallest absolute Gasteiger partial charge is 0.417 e. The summed E-state index contributed by atoms with van der Waals surface area (Å²) in [6, 6.07) is 7.46. The molecule has 2 aromatic carbocycles. The number of benzene rings is 2. The van der Waals surface area contributed by atoms with Crippen molar-refractivity contribution >= 4 is 22.6 Å². The predicted octanol–water partition coefficient (Wildman–Crippen LogP) is 4.77. The summed E-state index contributed by atoms with van der Waals surface area (Å²) in [5.74, 6) is 1.27. The molecule has 0 N–H and O–H groups in total. The Labute approximate surface area is 154 Å². The van der Waals surface area contributed by atoms with Gasteiger partial charge in [-0.05, 0) is 18.2 Å². The largest absolute Gasteiger partial charge is 0.489 e. The highest BCUT2D eigenvalue weighted by atomic mass is 35.5. The van der Waals surface area contributed by atoms with Gasteiger partial charge in [0.15, 0.2) is 11.5 Å². The Morgan fingerprint density at radius 1 is 1.07 bits per heavy atom. The molecule has 1 aliphatic rings. The normalized spacial score (nSPS) is 13.2. The molecular weight excluding hydrogens is 389 g/mol. The van der Waals surface area contributed by atoms with Crippen LogP contribution in [0.4, 0.5) is 13.2 Å². The molecular formula is C18H10ClF3O5. The second-order valence-electron chi connectivity index (χ2n) is 5.72. The molecule has 0 saturated carbocycles. The maximum atomic E-state index is 13.1. The van der Waals surface area contributed by atoms with Crippen LogP contribution >= 0.6 is 11.6 Å². The Hall–Kier alpha value is -2.87. The van der Waals surface area contributed by atoms with Crippen LogP contribution in [0, 0.1) is 0 Å². The van der Waals surface area contributed by atoms with Gasteiger partial charge in [0.25, 0.3) is 0 Å². The van der Waals surface area contributed by atoms with E-state index in [9.17, 15) is 18.0 Å². The van der Waals surface area contributed by atoms with Gasteiger partial charge in [0.1, 0.15) is 17.9 Å². The average molecular weight is 399 g/mol. The Kier molecular flexibility index (Phi) is 4.15. The van der Waals surface area contributed by atoms with E-state index < -0.39 is 17.4 Å². The van der Waals surface area contributed by atoms with Crippen LogP contribution in [0.5, 0.6) is 17.2 Å². The molecule has 0 spiro atoms. The van der Waals surface area contributed by atoms with Crippen molar-refractivity contribution in [2.45, 2.75) is 12.8 Å². The fraction of sp³-hybridized carbons (Fsp3) is 0.167. The zero-order chi connectivity index (χ0) is 19.2. The lowest BCUT2D eigenvalue weighted by molar-refractivity contribution is -0.136. The fourth-order valence-corrected chi connectivity index (χ4v) is 2.91. The molecule has 0 bridgehead atoms. The molecule has 1 aliphatic heterocycles. The molecule has 5 nitrogen and oxygen atoms in total. The number of hydrogen-bond donors (Lipinski definition) is 0. The van der Waals surface area contributed by atoms with Crippen molar-refractivity contribution in [2.24, 2.45) is 0 Å². The minimum absolute atomic E-state index is 0.0319. The number of rotatable bonds is 3. The highest BCUT2D eigenvalue weighted by Gasteiger charge is 2.33. The Bertz CT molecular complexity index is 1090. The van der Waals surface area contributed by atoms with Gasteiger partial charge < -0.3 is 18.6 Å². The first-order valence-electron chi connectivity index (χ1n) is 7.67. The molecule has 0 saturated heterocycles. The molecule has 3 aromatic rings. The summed E-state index contributed by atoms with van der Waals surface area (Å²) in [5, 5.41) is 0.168. The van der Waals surface area contributed by atoms with Crippen molar-refractivity contribution in [3.8, 4) is 17.2 Å². The zero-order valence-electron chi connectivity index (χ0n) is 13.4. The number of hydrogen-bond acceptors (Lipinski definition) is 5.